The Morgan fingerprint density at radius 2 is 2.19 bits per heavy atom. The Hall–Kier alpha value is -2.03. The summed E-state index contributed by atoms with van der Waals surface area (Å²) in [6.45, 7) is 1.89. The quantitative estimate of drug-likeness (QED) is 0.618. The van der Waals surface area contributed by atoms with Gasteiger partial charge in [0.2, 0.25) is 0 Å². The third-order valence-corrected chi connectivity index (χ3v) is 2.55. The van der Waals surface area contributed by atoms with Crippen molar-refractivity contribution in [3.8, 4) is 0 Å². The molecular weight excluding hydrogens is 202 g/mol. The number of hydrogen-bond donors (Lipinski definition) is 1. The van der Waals surface area contributed by atoms with Crippen LogP contribution in [0.4, 0.5) is 0 Å². The minimum Gasteiger partial charge on any atom is -0.466 e. The molecule has 0 radical (unpaired) electrons. The molecular formula is C13H13NO2. The predicted octanol–water partition coefficient (Wildman–Crippen LogP) is 2.74. The average molecular weight is 215 g/mol. The Labute approximate surface area is 93.7 Å². The minimum absolute atomic E-state index is 0.330. The van der Waals surface area contributed by atoms with Crippen molar-refractivity contribution in [2.75, 3.05) is 7.11 Å². The number of aromatic amines is 1. The van der Waals surface area contributed by atoms with Crippen molar-refractivity contribution in [3.05, 3.63) is 42.1 Å². The minimum atomic E-state index is -0.330. The number of allylic oxidation sites excluding steroid dienone is 1. The zero-order valence-electron chi connectivity index (χ0n) is 9.28. The number of rotatable bonds is 2. The van der Waals surface area contributed by atoms with E-state index in [1.807, 2.05) is 37.4 Å². The number of esters is 1. The zero-order valence-corrected chi connectivity index (χ0v) is 9.28. The molecule has 1 aromatic carbocycles. The molecule has 0 saturated heterocycles. The number of fused-ring (bicyclic) bond motifs is 1. The van der Waals surface area contributed by atoms with Crippen LogP contribution in [0.3, 0.4) is 0 Å². The summed E-state index contributed by atoms with van der Waals surface area (Å²) in [5.41, 5.74) is 2.97. The zero-order chi connectivity index (χ0) is 11.5. The van der Waals surface area contributed by atoms with Crippen LogP contribution in [0.25, 0.3) is 16.5 Å². The van der Waals surface area contributed by atoms with Crippen LogP contribution < -0.4 is 0 Å². The number of carbonyl (C=O) groups is 1. The van der Waals surface area contributed by atoms with Gasteiger partial charge in [-0.2, -0.15) is 0 Å². The first-order valence-corrected chi connectivity index (χ1v) is 5.04. The number of methoxy groups -OCH3 is 1. The summed E-state index contributed by atoms with van der Waals surface area (Å²) in [7, 11) is 1.38. The van der Waals surface area contributed by atoms with E-state index in [1.165, 1.54) is 13.2 Å². The molecule has 82 valence electrons. The van der Waals surface area contributed by atoms with Gasteiger partial charge in [-0.1, -0.05) is 12.1 Å². The molecule has 0 spiro atoms. The van der Waals surface area contributed by atoms with E-state index in [9.17, 15) is 4.79 Å². The normalized spacial score (nSPS) is 11.8. The molecule has 0 aliphatic heterocycles. The molecule has 1 N–H and O–H groups in total. The third-order valence-electron chi connectivity index (χ3n) is 2.55. The summed E-state index contributed by atoms with van der Waals surface area (Å²) < 4.78 is 4.59. The summed E-state index contributed by atoms with van der Waals surface area (Å²) in [6.07, 6.45) is 3.39. The molecule has 1 heterocycles. The van der Waals surface area contributed by atoms with Crippen LogP contribution in [0.15, 0.2) is 36.5 Å². The number of benzene rings is 1. The van der Waals surface area contributed by atoms with E-state index in [2.05, 4.69) is 9.72 Å². The molecule has 2 aromatic rings. The fourth-order valence-electron chi connectivity index (χ4n) is 1.61. The van der Waals surface area contributed by atoms with Gasteiger partial charge in [-0.25, -0.2) is 4.79 Å². The van der Waals surface area contributed by atoms with Crippen molar-refractivity contribution >= 4 is 22.4 Å². The fourth-order valence-corrected chi connectivity index (χ4v) is 1.61. The lowest BCUT2D eigenvalue weighted by Crippen LogP contribution is -1.95. The molecule has 3 nitrogen and oxygen atoms in total. The highest BCUT2D eigenvalue weighted by molar-refractivity contribution is 5.92. The predicted molar refractivity (Wildman–Crippen MR) is 64.0 cm³/mol. The number of hydrogen-bond acceptors (Lipinski definition) is 2. The van der Waals surface area contributed by atoms with Crippen LogP contribution in [0.5, 0.6) is 0 Å². The Bertz CT molecular complexity index is 552. The topological polar surface area (TPSA) is 42.1 Å². The van der Waals surface area contributed by atoms with Crippen molar-refractivity contribution in [3.63, 3.8) is 0 Å². The third kappa shape index (κ3) is 1.98. The van der Waals surface area contributed by atoms with E-state index in [0.717, 1.165) is 22.0 Å². The van der Waals surface area contributed by atoms with Gasteiger partial charge in [-0.15, -0.1) is 0 Å². The number of ether oxygens (including phenoxy) is 1. The lowest BCUT2D eigenvalue weighted by Gasteiger charge is -2.01. The molecule has 0 unspecified atom stereocenters. The maximum absolute atomic E-state index is 11.1. The van der Waals surface area contributed by atoms with Crippen LogP contribution in [-0.2, 0) is 9.53 Å². The van der Waals surface area contributed by atoms with Gasteiger partial charge in [0.05, 0.1) is 7.11 Å². The highest BCUT2D eigenvalue weighted by Crippen LogP contribution is 2.19. The Morgan fingerprint density at radius 1 is 1.38 bits per heavy atom. The number of nitrogens with one attached hydrogen (secondary N) is 1. The Balaban J connectivity index is 2.39. The van der Waals surface area contributed by atoms with Crippen molar-refractivity contribution in [2.45, 2.75) is 6.92 Å². The maximum Gasteiger partial charge on any atom is 0.330 e. The standard InChI is InChI=1S/C13H13NO2/c1-9(7-13(15)16-2)11-4-3-10-5-6-14-12(10)8-11/h3-8,14H,1-2H3/b9-7+. The molecule has 0 aliphatic rings. The average Bonchev–Trinajstić information content (AvgIpc) is 2.75. The summed E-state index contributed by atoms with van der Waals surface area (Å²) in [6, 6.07) is 8.04. The van der Waals surface area contributed by atoms with Gasteiger partial charge in [0.15, 0.2) is 0 Å². The highest BCUT2D eigenvalue weighted by Gasteiger charge is 2.01. The lowest BCUT2D eigenvalue weighted by molar-refractivity contribution is -0.134. The van der Waals surface area contributed by atoms with Crippen molar-refractivity contribution in [1.29, 1.82) is 0 Å². The summed E-state index contributed by atoms with van der Waals surface area (Å²) in [5, 5.41) is 1.16. The number of carbonyl (C=O) groups excluding carboxylic acids is 1. The summed E-state index contributed by atoms with van der Waals surface area (Å²) in [5.74, 6) is -0.330. The second-order valence-corrected chi connectivity index (χ2v) is 3.63. The van der Waals surface area contributed by atoms with Crippen LogP contribution in [-0.4, -0.2) is 18.1 Å². The van der Waals surface area contributed by atoms with Crippen molar-refractivity contribution in [2.24, 2.45) is 0 Å². The van der Waals surface area contributed by atoms with Gasteiger partial charge in [0.1, 0.15) is 0 Å². The molecule has 1 aromatic heterocycles. The highest BCUT2D eigenvalue weighted by atomic mass is 16.5. The van der Waals surface area contributed by atoms with Crippen LogP contribution in [0, 0.1) is 0 Å². The molecule has 0 atom stereocenters. The molecule has 0 bridgehead atoms. The molecule has 0 saturated carbocycles. The number of aromatic nitrogens is 1. The maximum atomic E-state index is 11.1. The Morgan fingerprint density at radius 3 is 2.94 bits per heavy atom. The molecule has 3 heteroatoms. The van der Waals surface area contributed by atoms with E-state index >= 15 is 0 Å². The van der Waals surface area contributed by atoms with Crippen molar-refractivity contribution in [1.82, 2.24) is 4.98 Å². The van der Waals surface area contributed by atoms with Gasteiger partial charge in [0, 0.05) is 17.8 Å². The second kappa shape index (κ2) is 4.23. The fraction of sp³-hybridized carbons (Fsp3) is 0.154. The molecule has 0 fully saturated rings. The first-order chi connectivity index (χ1) is 7.70. The van der Waals surface area contributed by atoms with E-state index in [-0.39, 0.29) is 5.97 Å². The summed E-state index contributed by atoms with van der Waals surface area (Å²) in [4.78, 5) is 14.2. The molecule has 16 heavy (non-hydrogen) atoms. The van der Waals surface area contributed by atoms with Gasteiger partial charge >= 0.3 is 5.97 Å². The first kappa shape index (κ1) is 10.5. The van der Waals surface area contributed by atoms with Gasteiger partial charge in [-0.3, -0.25) is 0 Å². The number of H-pyrrole nitrogens is 1. The summed E-state index contributed by atoms with van der Waals surface area (Å²) >= 11 is 0. The van der Waals surface area contributed by atoms with E-state index in [0.29, 0.717) is 0 Å². The Kier molecular flexibility index (Phi) is 2.77. The van der Waals surface area contributed by atoms with Gasteiger partial charge < -0.3 is 9.72 Å². The van der Waals surface area contributed by atoms with E-state index in [1.54, 1.807) is 0 Å². The van der Waals surface area contributed by atoms with Crippen LogP contribution in [0.1, 0.15) is 12.5 Å². The van der Waals surface area contributed by atoms with Crippen molar-refractivity contribution < 1.29 is 9.53 Å². The van der Waals surface area contributed by atoms with E-state index < -0.39 is 0 Å². The molecule has 2 rings (SSSR count). The smallest absolute Gasteiger partial charge is 0.330 e. The molecule has 0 amide bonds. The second-order valence-electron chi connectivity index (χ2n) is 3.63. The van der Waals surface area contributed by atoms with Gasteiger partial charge in [0.25, 0.3) is 0 Å². The lowest BCUT2D eigenvalue weighted by atomic mass is 10.1. The van der Waals surface area contributed by atoms with Crippen LogP contribution in [0.2, 0.25) is 0 Å². The first-order valence-electron chi connectivity index (χ1n) is 5.04. The van der Waals surface area contributed by atoms with Crippen LogP contribution >= 0.6 is 0 Å². The monoisotopic (exact) mass is 215 g/mol. The largest absolute Gasteiger partial charge is 0.466 e. The SMILES string of the molecule is COC(=O)/C=C(\C)c1ccc2cc[nH]c2c1. The molecule has 0 aliphatic carbocycles. The van der Waals surface area contributed by atoms with Gasteiger partial charge in [-0.05, 0) is 35.6 Å². The van der Waals surface area contributed by atoms with E-state index in [4.69, 9.17) is 0 Å².